The van der Waals surface area contributed by atoms with E-state index in [2.05, 4.69) is 9.97 Å². The molecule has 0 radical (unpaired) electrons. The van der Waals surface area contributed by atoms with E-state index >= 15 is 0 Å². The lowest BCUT2D eigenvalue weighted by Crippen LogP contribution is -2.53. The number of nitrogens with two attached hydrogens (primary N) is 1. The molecular formula is C14H19N5O4S. The standard InChI is InChI=1S/C14H19N5O4S/c1-9(15)13(20)18-4-6-19(7-5-18)24(22,23)10-2-3-11-12(8-10)17-14(21)16-11/h2-3,8-9H,4-7,15H2,1H3,(H2,16,17,21)/t9-/m0/s1. The number of carbonyl (C=O) groups excluding carboxylic acids is 1. The van der Waals surface area contributed by atoms with E-state index in [0.29, 0.717) is 24.1 Å². The number of hydrogen-bond donors (Lipinski definition) is 3. The van der Waals surface area contributed by atoms with Gasteiger partial charge in [0.15, 0.2) is 0 Å². The predicted molar refractivity (Wildman–Crippen MR) is 87.9 cm³/mol. The number of H-pyrrole nitrogens is 2. The first-order chi connectivity index (χ1) is 11.3. The molecule has 0 bridgehead atoms. The van der Waals surface area contributed by atoms with Crippen LogP contribution in [0.1, 0.15) is 6.92 Å². The number of fused-ring (bicyclic) bond motifs is 1. The first-order valence-corrected chi connectivity index (χ1v) is 8.99. The van der Waals surface area contributed by atoms with Gasteiger partial charge in [0.25, 0.3) is 0 Å². The Balaban J connectivity index is 1.80. The molecule has 1 atom stereocenters. The predicted octanol–water partition coefficient (Wildman–Crippen LogP) is -0.964. The second kappa shape index (κ2) is 6.04. The molecule has 0 spiro atoms. The summed E-state index contributed by atoms with van der Waals surface area (Å²) >= 11 is 0. The third kappa shape index (κ3) is 2.95. The maximum atomic E-state index is 12.7. The summed E-state index contributed by atoms with van der Waals surface area (Å²) in [7, 11) is -3.69. The summed E-state index contributed by atoms with van der Waals surface area (Å²) in [6.07, 6.45) is 0. The fraction of sp³-hybridized carbons (Fsp3) is 0.429. The molecule has 2 aromatic rings. The normalized spacial score (nSPS) is 18.0. The summed E-state index contributed by atoms with van der Waals surface area (Å²) in [4.78, 5) is 30.0. The van der Waals surface area contributed by atoms with Crippen LogP contribution in [-0.4, -0.2) is 65.7 Å². The molecule has 1 aromatic heterocycles. The van der Waals surface area contributed by atoms with E-state index < -0.39 is 16.1 Å². The van der Waals surface area contributed by atoms with Gasteiger partial charge in [-0.25, -0.2) is 13.2 Å². The van der Waals surface area contributed by atoms with Gasteiger partial charge in [-0.05, 0) is 25.1 Å². The summed E-state index contributed by atoms with van der Waals surface area (Å²) in [6, 6.07) is 3.85. The van der Waals surface area contributed by atoms with Crippen LogP contribution in [0.2, 0.25) is 0 Å². The summed E-state index contributed by atoms with van der Waals surface area (Å²) in [5.41, 5.74) is 6.18. The summed E-state index contributed by atoms with van der Waals surface area (Å²) in [6.45, 7) is 2.65. The smallest absolute Gasteiger partial charge is 0.323 e. The number of aromatic amines is 2. The Kier molecular flexibility index (Phi) is 4.20. The molecule has 1 saturated heterocycles. The molecule has 130 valence electrons. The molecule has 0 saturated carbocycles. The zero-order valence-corrected chi connectivity index (χ0v) is 14.0. The van der Waals surface area contributed by atoms with Crippen LogP contribution in [0.25, 0.3) is 11.0 Å². The second-order valence-corrected chi connectivity index (χ2v) is 7.74. The Morgan fingerprint density at radius 2 is 1.79 bits per heavy atom. The van der Waals surface area contributed by atoms with Crippen molar-refractivity contribution < 1.29 is 13.2 Å². The van der Waals surface area contributed by atoms with Crippen molar-refractivity contribution in [3.05, 3.63) is 28.7 Å². The van der Waals surface area contributed by atoms with Crippen molar-refractivity contribution in [1.29, 1.82) is 0 Å². The molecule has 3 rings (SSSR count). The number of piperazine rings is 1. The van der Waals surface area contributed by atoms with Gasteiger partial charge in [0, 0.05) is 26.2 Å². The van der Waals surface area contributed by atoms with Crippen LogP contribution < -0.4 is 11.4 Å². The molecular weight excluding hydrogens is 334 g/mol. The highest BCUT2D eigenvalue weighted by molar-refractivity contribution is 7.89. The monoisotopic (exact) mass is 353 g/mol. The Hall–Kier alpha value is -2.17. The van der Waals surface area contributed by atoms with Crippen molar-refractivity contribution in [1.82, 2.24) is 19.2 Å². The van der Waals surface area contributed by atoms with E-state index in [-0.39, 0.29) is 29.6 Å². The molecule has 2 heterocycles. The number of hydrogen-bond acceptors (Lipinski definition) is 5. The Morgan fingerprint density at radius 3 is 2.42 bits per heavy atom. The molecule has 0 aliphatic carbocycles. The lowest BCUT2D eigenvalue weighted by Gasteiger charge is -2.34. The number of benzene rings is 1. The second-order valence-electron chi connectivity index (χ2n) is 5.80. The van der Waals surface area contributed by atoms with Crippen molar-refractivity contribution >= 4 is 27.0 Å². The highest BCUT2D eigenvalue weighted by Gasteiger charge is 2.31. The average Bonchev–Trinajstić information content (AvgIpc) is 2.93. The van der Waals surface area contributed by atoms with Crippen LogP contribution in [0.3, 0.4) is 0 Å². The van der Waals surface area contributed by atoms with Crippen LogP contribution in [0.4, 0.5) is 0 Å². The minimum absolute atomic E-state index is 0.109. The first-order valence-electron chi connectivity index (χ1n) is 7.55. The van der Waals surface area contributed by atoms with Crippen molar-refractivity contribution in [3.63, 3.8) is 0 Å². The largest absolute Gasteiger partial charge is 0.339 e. The molecule has 1 amide bonds. The Bertz CT molecular complexity index is 922. The SMILES string of the molecule is C[C@H](N)C(=O)N1CCN(S(=O)(=O)c2ccc3[nH]c(=O)[nH]c3c2)CC1. The van der Waals surface area contributed by atoms with Crippen LogP contribution in [0.5, 0.6) is 0 Å². The number of rotatable bonds is 3. The molecule has 10 heteroatoms. The van der Waals surface area contributed by atoms with E-state index in [0.717, 1.165) is 0 Å². The summed E-state index contributed by atoms with van der Waals surface area (Å²) < 4.78 is 26.8. The number of nitrogens with one attached hydrogen (secondary N) is 2. The number of sulfonamides is 1. The molecule has 1 aliphatic rings. The van der Waals surface area contributed by atoms with Gasteiger partial charge < -0.3 is 20.6 Å². The number of nitrogens with zero attached hydrogens (tertiary/aromatic N) is 2. The van der Waals surface area contributed by atoms with Gasteiger partial charge in [-0.3, -0.25) is 4.79 Å². The molecule has 1 fully saturated rings. The molecule has 24 heavy (non-hydrogen) atoms. The zero-order valence-electron chi connectivity index (χ0n) is 13.2. The Labute approximate surface area is 138 Å². The number of amides is 1. The molecule has 9 nitrogen and oxygen atoms in total. The highest BCUT2D eigenvalue weighted by atomic mass is 32.2. The molecule has 1 aliphatic heterocycles. The van der Waals surface area contributed by atoms with Gasteiger partial charge >= 0.3 is 5.69 Å². The van der Waals surface area contributed by atoms with Crippen LogP contribution in [0.15, 0.2) is 27.9 Å². The van der Waals surface area contributed by atoms with Crippen molar-refractivity contribution in [2.24, 2.45) is 5.73 Å². The third-order valence-electron chi connectivity index (χ3n) is 4.07. The van der Waals surface area contributed by atoms with Crippen LogP contribution in [-0.2, 0) is 14.8 Å². The lowest BCUT2D eigenvalue weighted by molar-refractivity contribution is -0.133. The fourth-order valence-electron chi connectivity index (χ4n) is 2.76. The quantitative estimate of drug-likeness (QED) is 0.653. The highest BCUT2D eigenvalue weighted by Crippen LogP contribution is 2.20. The van der Waals surface area contributed by atoms with Gasteiger partial charge in [0.05, 0.1) is 22.0 Å². The molecule has 0 unspecified atom stereocenters. The van der Waals surface area contributed by atoms with Gasteiger partial charge in [-0.1, -0.05) is 0 Å². The minimum atomic E-state index is -3.69. The fourth-order valence-corrected chi connectivity index (χ4v) is 4.21. The zero-order chi connectivity index (χ0) is 17.5. The van der Waals surface area contributed by atoms with Crippen molar-refractivity contribution in [2.75, 3.05) is 26.2 Å². The number of imidazole rings is 1. The maximum Gasteiger partial charge on any atom is 0.323 e. The maximum absolute atomic E-state index is 12.7. The molecule has 1 aromatic carbocycles. The third-order valence-corrected chi connectivity index (χ3v) is 5.96. The topological polar surface area (TPSA) is 132 Å². The van der Waals surface area contributed by atoms with E-state index in [4.69, 9.17) is 5.73 Å². The van der Waals surface area contributed by atoms with Crippen LogP contribution >= 0.6 is 0 Å². The minimum Gasteiger partial charge on any atom is -0.339 e. The summed E-state index contributed by atoms with van der Waals surface area (Å²) in [5, 5.41) is 0. The molecule has 4 N–H and O–H groups in total. The van der Waals surface area contributed by atoms with Gasteiger partial charge in [-0.15, -0.1) is 0 Å². The van der Waals surface area contributed by atoms with Gasteiger partial charge in [0.1, 0.15) is 0 Å². The van der Waals surface area contributed by atoms with Gasteiger partial charge in [-0.2, -0.15) is 4.31 Å². The van der Waals surface area contributed by atoms with Gasteiger partial charge in [0.2, 0.25) is 15.9 Å². The van der Waals surface area contributed by atoms with Crippen molar-refractivity contribution in [2.45, 2.75) is 17.9 Å². The van der Waals surface area contributed by atoms with Crippen LogP contribution in [0, 0.1) is 0 Å². The Morgan fingerprint density at radius 1 is 1.17 bits per heavy atom. The van der Waals surface area contributed by atoms with E-state index in [1.165, 1.54) is 16.4 Å². The lowest BCUT2D eigenvalue weighted by atomic mass is 10.2. The van der Waals surface area contributed by atoms with E-state index in [9.17, 15) is 18.0 Å². The summed E-state index contributed by atoms with van der Waals surface area (Å²) in [5.74, 6) is -0.182. The average molecular weight is 353 g/mol. The van der Waals surface area contributed by atoms with E-state index in [1.807, 2.05) is 0 Å². The first kappa shape index (κ1) is 16.7. The number of aromatic nitrogens is 2. The number of carbonyl (C=O) groups is 1. The van der Waals surface area contributed by atoms with E-state index in [1.54, 1.807) is 17.9 Å². The van der Waals surface area contributed by atoms with Crippen molar-refractivity contribution in [3.8, 4) is 0 Å².